The third-order valence-corrected chi connectivity index (χ3v) is 5.67. The van der Waals surface area contributed by atoms with E-state index < -0.39 is 18.2 Å². The molecular weight excluding hydrogens is 436 g/mol. The van der Waals surface area contributed by atoms with Gasteiger partial charge in [-0.05, 0) is 32.0 Å². The molecule has 2 amide bonds. The first-order chi connectivity index (χ1) is 16.2. The second-order valence-corrected chi connectivity index (χ2v) is 8.57. The number of fused-ring (bicyclic) bond motifs is 1. The van der Waals surface area contributed by atoms with Gasteiger partial charge in [0.2, 0.25) is 5.88 Å². The Morgan fingerprint density at radius 1 is 1.35 bits per heavy atom. The van der Waals surface area contributed by atoms with Crippen molar-refractivity contribution < 1.29 is 24.5 Å². The molecule has 3 heterocycles. The summed E-state index contributed by atoms with van der Waals surface area (Å²) in [6, 6.07) is 4.45. The number of aliphatic hydroxyl groups is 2. The van der Waals surface area contributed by atoms with Crippen molar-refractivity contribution in [3.05, 3.63) is 53.5 Å². The molecule has 0 aliphatic carbocycles. The molecule has 0 aromatic carbocycles. The minimum atomic E-state index is -0.821. The summed E-state index contributed by atoms with van der Waals surface area (Å²) in [7, 11) is 1.69. The first-order valence-electron chi connectivity index (χ1n) is 11.1. The van der Waals surface area contributed by atoms with Crippen molar-refractivity contribution in [2.24, 2.45) is 5.92 Å². The number of aliphatic hydroxyl groups excluding tert-OH is 2. The van der Waals surface area contributed by atoms with Crippen LogP contribution in [-0.4, -0.2) is 86.8 Å². The average Bonchev–Trinajstić information content (AvgIpc) is 2.84. The zero-order valence-corrected chi connectivity index (χ0v) is 19.8. The van der Waals surface area contributed by atoms with Crippen molar-refractivity contribution in [3.63, 3.8) is 0 Å². The first kappa shape index (κ1) is 25.1. The normalized spacial score (nSPS) is 19.5. The number of aromatic nitrogens is 2. The molecular formula is C25H30N4O5. The van der Waals surface area contributed by atoms with Crippen LogP contribution in [-0.2, 0) is 0 Å². The molecule has 4 atom stereocenters. The number of likely N-dealkylation sites (N-methyl/N-ethyl adjacent to an activating group) is 1. The number of hydrogen-bond donors (Lipinski definition) is 2. The summed E-state index contributed by atoms with van der Waals surface area (Å²) < 4.78 is 6.19. The summed E-state index contributed by atoms with van der Waals surface area (Å²) in [5.41, 5.74) is 1.20. The smallest absolute Gasteiger partial charge is 0.259 e. The van der Waals surface area contributed by atoms with Gasteiger partial charge >= 0.3 is 0 Å². The lowest BCUT2D eigenvalue weighted by Crippen LogP contribution is -2.50. The third-order valence-electron chi connectivity index (χ3n) is 5.67. The Kier molecular flexibility index (Phi) is 8.21. The molecule has 2 N–H and O–H groups in total. The van der Waals surface area contributed by atoms with Gasteiger partial charge in [0, 0.05) is 49.2 Å². The van der Waals surface area contributed by atoms with Crippen LogP contribution in [0.15, 0.2) is 36.8 Å². The second kappa shape index (κ2) is 11.1. The molecule has 0 fully saturated rings. The SMILES string of the molecule is C[C@@H](O)C#Cc1cnc2c(c1)C(=O)N([C@@H](C)CO)C[C@H](C)[C@@H](CN(C)C(=O)c1ccncc1)O2. The van der Waals surface area contributed by atoms with Crippen molar-refractivity contribution in [3.8, 4) is 17.7 Å². The number of pyridine rings is 2. The summed E-state index contributed by atoms with van der Waals surface area (Å²) in [4.78, 5) is 37.7. The van der Waals surface area contributed by atoms with Gasteiger partial charge in [-0.2, -0.15) is 0 Å². The molecule has 1 aliphatic heterocycles. The van der Waals surface area contributed by atoms with E-state index in [9.17, 15) is 19.8 Å². The molecule has 0 spiro atoms. The van der Waals surface area contributed by atoms with Crippen molar-refractivity contribution in [1.82, 2.24) is 19.8 Å². The molecule has 180 valence electrons. The summed E-state index contributed by atoms with van der Waals surface area (Å²) in [5, 5.41) is 19.2. The quantitative estimate of drug-likeness (QED) is 0.636. The Bertz CT molecular complexity index is 1080. The Morgan fingerprint density at radius 2 is 2.06 bits per heavy atom. The number of carbonyl (C=O) groups is 2. The predicted molar refractivity (Wildman–Crippen MR) is 125 cm³/mol. The van der Waals surface area contributed by atoms with E-state index in [4.69, 9.17) is 4.74 Å². The van der Waals surface area contributed by atoms with Crippen molar-refractivity contribution >= 4 is 11.8 Å². The maximum atomic E-state index is 13.4. The fraction of sp³-hybridized carbons (Fsp3) is 0.440. The molecule has 0 bridgehead atoms. The highest BCUT2D eigenvalue weighted by atomic mass is 16.5. The van der Waals surface area contributed by atoms with Crippen LogP contribution in [0.1, 0.15) is 47.1 Å². The summed E-state index contributed by atoms with van der Waals surface area (Å²) >= 11 is 0. The monoisotopic (exact) mass is 466 g/mol. The number of amides is 2. The zero-order chi connectivity index (χ0) is 24.8. The second-order valence-electron chi connectivity index (χ2n) is 8.57. The highest BCUT2D eigenvalue weighted by Crippen LogP contribution is 2.27. The van der Waals surface area contributed by atoms with Gasteiger partial charge in [-0.1, -0.05) is 18.8 Å². The number of nitrogens with zero attached hydrogens (tertiary/aromatic N) is 4. The number of carbonyl (C=O) groups excluding carboxylic acids is 2. The molecule has 0 radical (unpaired) electrons. The van der Waals surface area contributed by atoms with E-state index in [0.717, 1.165) is 0 Å². The minimum absolute atomic E-state index is 0.143. The summed E-state index contributed by atoms with van der Waals surface area (Å²) in [5.74, 6) is 4.93. The lowest BCUT2D eigenvalue weighted by molar-refractivity contribution is 0.0313. The Labute approximate surface area is 199 Å². The van der Waals surface area contributed by atoms with Gasteiger partial charge in [0.1, 0.15) is 17.8 Å². The molecule has 9 nitrogen and oxygen atoms in total. The van der Waals surface area contributed by atoms with Crippen molar-refractivity contribution in [2.45, 2.75) is 39.0 Å². The predicted octanol–water partition coefficient (Wildman–Crippen LogP) is 1.20. The van der Waals surface area contributed by atoms with Crippen LogP contribution in [0, 0.1) is 17.8 Å². The minimum Gasteiger partial charge on any atom is -0.472 e. The maximum Gasteiger partial charge on any atom is 0.259 e. The van der Waals surface area contributed by atoms with Crippen molar-refractivity contribution in [2.75, 3.05) is 26.7 Å². The fourth-order valence-electron chi connectivity index (χ4n) is 3.64. The van der Waals surface area contributed by atoms with Crippen LogP contribution >= 0.6 is 0 Å². The maximum absolute atomic E-state index is 13.4. The average molecular weight is 467 g/mol. The van der Waals surface area contributed by atoms with Crippen LogP contribution < -0.4 is 4.74 Å². The van der Waals surface area contributed by atoms with Crippen LogP contribution in [0.4, 0.5) is 0 Å². The molecule has 0 saturated heterocycles. The molecule has 3 rings (SSSR count). The molecule has 0 unspecified atom stereocenters. The fourth-order valence-corrected chi connectivity index (χ4v) is 3.64. The molecule has 34 heavy (non-hydrogen) atoms. The largest absolute Gasteiger partial charge is 0.472 e. The summed E-state index contributed by atoms with van der Waals surface area (Å²) in [6.07, 6.45) is 3.33. The molecule has 2 aromatic heterocycles. The lowest BCUT2D eigenvalue weighted by atomic mass is 9.99. The topological polar surface area (TPSA) is 116 Å². The molecule has 9 heteroatoms. The van der Waals surface area contributed by atoms with Gasteiger partial charge in [-0.15, -0.1) is 0 Å². The standard InChI is InChI=1S/C25H30N4O5/c1-16-13-29(17(2)15-30)25(33)21-11-19(6-5-18(3)31)12-27-23(21)34-22(16)14-28(4)24(32)20-7-9-26-10-8-20/h7-12,16-18,22,30-31H,13-15H2,1-4H3/t16-,17-,18+,22+/m0/s1. The third kappa shape index (κ3) is 5.90. The van der Waals surface area contributed by atoms with Crippen molar-refractivity contribution in [1.29, 1.82) is 0 Å². The van der Waals surface area contributed by atoms with E-state index in [1.807, 2.05) is 6.92 Å². The first-order valence-corrected chi connectivity index (χ1v) is 11.1. The van der Waals surface area contributed by atoms with Gasteiger partial charge in [-0.3, -0.25) is 14.6 Å². The number of rotatable bonds is 5. The molecule has 0 saturated carbocycles. The van der Waals surface area contributed by atoms with E-state index in [0.29, 0.717) is 17.7 Å². The van der Waals surface area contributed by atoms with Gasteiger partial charge in [-0.25, -0.2) is 4.98 Å². The van der Waals surface area contributed by atoms with E-state index in [1.165, 1.54) is 6.20 Å². The van der Waals surface area contributed by atoms with Gasteiger partial charge in [0.25, 0.3) is 11.8 Å². The molecule has 1 aliphatic rings. The Hall–Kier alpha value is -3.48. The van der Waals surface area contributed by atoms with Crippen LogP contribution in [0.25, 0.3) is 0 Å². The van der Waals surface area contributed by atoms with Crippen LogP contribution in [0.2, 0.25) is 0 Å². The number of hydrogen-bond acceptors (Lipinski definition) is 7. The van der Waals surface area contributed by atoms with E-state index in [-0.39, 0.29) is 42.3 Å². The van der Waals surface area contributed by atoms with E-state index in [2.05, 4.69) is 21.8 Å². The number of ether oxygens (including phenoxy) is 1. The zero-order valence-electron chi connectivity index (χ0n) is 19.8. The van der Waals surface area contributed by atoms with Crippen LogP contribution in [0.5, 0.6) is 5.88 Å². The highest BCUT2D eigenvalue weighted by molar-refractivity contribution is 5.97. The van der Waals surface area contributed by atoms with Gasteiger partial charge in [0.05, 0.1) is 19.2 Å². The molecule has 2 aromatic rings. The Balaban J connectivity index is 1.95. The van der Waals surface area contributed by atoms with E-state index >= 15 is 0 Å². The van der Waals surface area contributed by atoms with E-state index in [1.54, 1.807) is 61.3 Å². The van der Waals surface area contributed by atoms with Crippen LogP contribution in [0.3, 0.4) is 0 Å². The lowest BCUT2D eigenvalue weighted by Gasteiger charge is -2.37. The van der Waals surface area contributed by atoms with Gasteiger partial charge < -0.3 is 24.7 Å². The van der Waals surface area contributed by atoms with Gasteiger partial charge in [0.15, 0.2) is 0 Å². The Morgan fingerprint density at radius 3 is 2.71 bits per heavy atom. The summed E-state index contributed by atoms with van der Waals surface area (Å²) in [6.45, 7) is 5.64. The highest BCUT2D eigenvalue weighted by Gasteiger charge is 2.34.